The van der Waals surface area contributed by atoms with Crippen LogP contribution in [-0.2, 0) is 13.5 Å². The van der Waals surface area contributed by atoms with Gasteiger partial charge in [-0.25, -0.2) is 4.79 Å². The number of nitrogens with one attached hydrogen (secondary N) is 2. The lowest BCUT2D eigenvalue weighted by Crippen LogP contribution is -2.36. The summed E-state index contributed by atoms with van der Waals surface area (Å²) < 4.78 is 2.02. The van der Waals surface area contributed by atoms with E-state index in [1.165, 1.54) is 5.56 Å². The van der Waals surface area contributed by atoms with Gasteiger partial charge in [0.15, 0.2) is 0 Å². The Morgan fingerprint density at radius 1 is 1.08 bits per heavy atom. The maximum absolute atomic E-state index is 12.3. The number of hydrogen-bond acceptors (Lipinski definition) is 1. The highest BCUT2D eigenvalue weighted by Crippen LogP contribution is 2.24. The molecule has 0 aliphatic carbocycles. The van der Waals surface area contributed by atoms with Gasteiger partial charge in [-0.1, -0.05) is 48.5 Å². The van der Waals surface area contributed by atoms with Crippen molar-refractivity contribution in [2.45, 2.75) is 25.8 Å². The summed E-state index contributed by atoms with van der Waals surface area (Å²) >= 11 is 0. The minimum atomic E-state index is -0.160. The van der Waals surface area contributed by atoms with E-state index in [9.17, 15) is 4.79 Å². The maximum atomic E-state index is 12.3. The second kappa shape index (κ2) is 7.21. The van der Waals surface area contributed by atoms with Crippen molar-refractivity contribution in [2.75, 3.05) is 5.32 Å². The van der Waals surface area contributed by atoms with Crippen LogP contribution >= 0.6 is 0 Å². The number of fused-ring (bicyclic) bond motifs is 1. The molecule has 0 saturated heterocycles. The molecule has 3 rings (SSSR count). The largest absolute Gasteiger partial charge is 0.348 e. The second-order valence-electron chi connectivity index (χ2n) is 6.19. The van der Waals surface area contributed by atoms with E-state index in [4.69, 9.17) is 0 Å². The zero-order valence-electron chi connectivity index (χ0n) is 14.1. The number of nitrogens with zero attached hydrogens (tertiary/aromatic N) is 1. The van der Waals surface area contributed by atoms with Gasteiger partial charge in [0.1, 0.15) is 0 Å². The van der Waals surface area contributed by atoms with Gasteiger partial charge in [-0.15, -0.1) is 0 Å². The maximum Gasteiger partial charge on any atom is 0.319 e. The summed E-state index contributed by atoms with van der Waals surface area (Å²) in [6.07, 6.45) is 3.81. The Balaban J connectivity index is 1.56. The Kier molecular flexibility index (Phi) is 4.85. The first-order valence-corrected chi connectivity index (χ1v) is 8.29. The average molecular weight is 321 g/mol. The number of carbonyl (C=O) groups excluding carboxylic acids is 1. The zero-order chi connectivity index (χ0) is 16.9. The van der Waals surface area contributed by atoms with Crippen LogP contribution in [0.1, 0.15) is 18.9 Å². The average Bonchev–Trinajstić information content (AvgIpc) is 2.90. The molecule has 0 fully saturated rings. The van der Waals surface area contributed by atoms with Gasteiger partial charge < -0.3 is 15.2 Å². The summed E-state index contributed by atoms with van der Waals surface area (Å²) in [5, 5.41) is 7.03. The number of anilines is 1. The minimum absolute atomic E-state index is 0.111. The zero-order valence-corrected chi connectivity index (χ0v) is 14.1. The number of aromatic nitrogens is 1. The normalized spacial score (nSPS) is 12.1. The number of urea groups is 1. The standard InChI is InChI=1S/C20H23N3O/c1-15(12-13-16-8-4-3-5-9-16)21-20(24)22-18-14-23(2)19-11-7-6-10-17(18)19/h3-11,14-15H,12-13H2,1-2H3,(H2,21,22,24). The highest BCUT2D eigenvalue weighted by Gasteiger charge is 2.11. The number of rotatable bonds is 5. The molecule has 2 aromatic carbocycles. The predicted molar refractivity (Wildman–Crippen MR) is 99.3 cm³/mol. The fraction of sp³-hybridized carbons (Fsp3) is 0.250. The van der Waals surface area contributed by atoms with E-state index in [0.717, 1.165) is 29.4 Å². The highest BCUT2D eigenvalue weighted by molar-refractivity contribution is 6.01. The molecule has 4 heteroatoms. The van der Waals surface area contributed by atoms with Crippen LogP contribution in [0.15, 0.2) is 60.8 Å². The van der Waals surface area contributed by atoms with Crippen LogP contribution in [0.3, 0.4) is 0 Å². The van der Waals surface area contributed by atoms with Gasteiger partial charge in [-0.3, -0.25) is 0 Å². The lowest BCUT2D eigenvalue weighted by Gasteiger charge is -2.14. The molecule has 0 bridgehead atoms. The molecule has 0 radical (unpaired) electrons. The number of carbonyl (C=O) groups is 1. The lowest BCUT2D eigenvalue weighted by atomic mass is 10.1. The smallest absolute Gasteiger partial charge is 0.319 e. The van der Waals surface area contributed by atoms with Crippen LogP contribution in [0, 0.1) is 0 Å². The van der Waals surface area contributed by atoms with E-state index in [-0.39, 0.29) is 12.1 Å². The predicted octanol–water partition coefficient (Wildman–Crippen LogP) is 4.32. The number of para-hydroxylation sites is 1. The first kappa shape index (κ1) is 16.1. The van der Waals surface area contributed by atoms with E-state index < -0.39 is 0 Å². The van der Waals surface area contributed by atoms with Crippen molar-refractivity contribution in [3.63, 3.8) is 0 Å². The molecule has 3 aromatic rings. The minimum Gasteiger partial charge on any atom is -0.348 e. The SMILES string of the molecule is CC(CCc1ccccc1)NC(=O)Nc1cn(C)c2ccccc12. The van der Waals surface area contributed by atoms with Crippen molar-refractivity contribution in [3.8, 4) is 0 Å². The van der Waals surface area contributed by atoms with Gasteiger partial charge in [-0.05, 0) is 31.4 Å². The van der Waals surface area contributed by atoms with Crippen molar-refractivity contribution >= 4 is 22.6 Å². The third kappa shape index (κ3) is 3.77. The first-order valence-electron chi connectivity index (χ1n) is 8.29. The van der Waals surface area contributed by atoms with Crippen molar-refractivity contribution in [1.29, 1.82) is 0 Å². The van der Waals surface area contributed by atoms with Gasteiger partial charge in [0.25, 0.3) is 0 Å². The molecule has 2 amide bonds. The van der Waals surface area contributed by atoms with Gasteiger partial charge in [0, 0.05) is 30.2 Å². The topological polar surface area (TPSA) is 46.1 Å². The molecule has 1 aromatic heterocycles. The summed E-state index contributed by atoms with van der Waals surface area (Å²) in [5.41, 5.74) is 3.23. The van der Waals surface area contributed by atoms with Gasteiger partial charge in [0.05, 0.1) is 5.69 Å². The third-order valence-corrected chi connectivity index (χ3v) is 4.23. The fourth-order valence-electron chi connectivity index (χ4n) is 2.92. The molecule has 0 aliphatic rings. The van der Waals surface area contributed by atoms with Crippen LogP contribution in [0.5, 0.6) is 0 Å². The Morgan fingerprint density at radius 3 is 2.58 bits per heavy atom. The number of aryl methyl sites for hydroxylation is 2. The number of amides is 2. The molecule has 4 nitrogen and oxygen atoms in total. The molecular weight excluding hydrogens is 298 g/mol. The Labute approximate surface area is 142 Å². The van der Waals surface area contributed by atoms with E-state index >= 15 is 0 Å². The molecule has 1 atom stereocenters. The molecule has 0 aliphatic heterocycles. The Bertz CT molecular complexity index is 823. The van der Waals surface area contributed by atoms with Crippen LogP contribution < -0.4 is 10.6 Å². The number of hydrogen-bond donors (Lipinski definition) is 2. The van der Waals surface area contributed by atoms with Crippen molar-refractivity contribution in [3.05, 3.63) is 66.4 Å². The second-order valence-corrected chi connectivity index (χ2v) is 6.19. The van der Waals surface area contributed by atoms with Crippen molar-refractivity contribution in [2.24, 2.45) is 7.05 Å². The molecule has 0 saturated carbocycles. The van der Waals surface area contributed by atoms with E-state index in [1.807, 2.05) is 67.2 Å². The molecule has 1 heterocycles. The van der Waals surface area contributed by atoms with Gasteiger partial charge >= 0.3 is 6.03 Å². The van der Waals surface area contributed by atoms with Crippen molar-refractivity contribution in [1.82, 2.24) is 9.88 Å². The van der Waals surface area contributed by atoms with Crippen LogP contribution in [0.25, 0.3) is 10.9 Å². The summed E-state index contributed by atoms with van der Waals surface area (Å²) in [6.45, 7) is 2.03. The fourth-order valence-corrected chi connectivity index (χ4v) is 2.92. The van der Waals surface area contributed by atoms with Crippen LogP contribution in [0.2, 0.25) is 0 Å². The Morgan fingerprint density at radius 2 is 1.79 bits per heavy atom. The summed E-state index contributed by atoms with van der Waals surface area (Å²) in [6, 6.07) is 18.3. The monoisotopic (exact) mass is 321 g/mol. The lowest BCUT2D eigenvalue weighted by molar-refractivity contribution is 0.248. The van der Waals surface area contributed by atoms with Crippen molar-refractivity contribution < 1.29 is 4.79 Å². The van der Waals surface area contributed by atoms with Crippen LogP contribution in [-0.4, -0.2) is 16.6 Å². The molecular formula is C20H23N3O. The summed E-state index contributed by atoms with van der Waals surface area (Å²) in [4.78, 5) is 12.3. The third-order valence-electron chi connectivity index (χ3n) is 4.23. The van der Waals surface area contributed by atoms with Gasteiger partial charge in [-0.2, -0.15) is 0 Å². The highest BCUT2D eigenvalue weighted by atomic mass is 16.2. The molecule has 124 valence electrons. The Hall–Kier alpha value is -2.75. The summed E-state index contributed by atoms with van der Waals surface area (Å²) in [5.74, 6) is 0. The van der Waals surface area contributed by atoms with Crippen LogP contribution in [0.4, 0.5) is 10.5 Å². The van der Waals surface area contributed by atoms with E-state index in [2.05, 4.69) is 22.8 Å². The quantitative estimate of drug-likeness (QED) is 0.722. The molecule has 0 spiro atoms. The number of benzene rings is 2. The molecule has 2 N–H and O–H groups in total. The van der Waals surface area contributed by atoms with Gasteiger partial charge in [0.2, 0.25) is 0 Å². The first-order chi connectivity index (χ1) is 11.6. The molecule has 24 heavy (non-hydrogen) atoms. The summed E-state index contributed by atoms with van der Waals surface area (Å²) in [7, 11) is 1.98. The molecule has 1 unspecified atom stereocenters. The van der Waals surface area contributed by atoms with E-state index in [1.54, 1.807) is 0 Å². The van der Waals surface area contributed by atoms with E-state index in [0.29, 0.717) is 0 Å².